The number of hydrogen-bond donors (Lipinski definition) is 1. The van der Waals surface area contributed by atoms with Crippen LogP contribution in [0.5, 0.6) is 0 Å². The van der Waals surface area contributed by atoms with Gasteiger partial charge in [0.2, 0.25) is 0 Å². The first-order valence-corrected chi connectivity index (χ1v) is 5.09. The summed E-state index contributed by atoms with van der Waals surface area (Å²) in [6.07, 6.45) is 0.663. The lowest BCUT2D eigenvalue weighted by atomic mass is 10.00. The molecule has 1 aromatic rings. The van der Waals surface area contributed by atoms with E-state index in [1.54, 1.807) is 19.2 Å². The molecule has 0 aromatic heterocycles. The monoisotopic (exact) mass is 211 g/mol. The molecule has 15 heavy (non-hydrogen) atoms. The summed E-state index contributed by atoms with van der Waals surface area (Å²) in [5.41, 5.74) is 7.51. The normalized spacial score (nSPS) is 15.0. The second-order valence-corrected chi connectivity index (χ2v) is 3.91. The standard InChI is InChI=1S/C12H18FNO/c1-8-4-5-11(13)10(6-8)12(14)7-9(2)15-3/h4-6,9,12H,7,14H2,1-3H3. The summed E-state index contributed by atoms with van der Waals surface area (Å²) in [6, 6.07) is 4.69. The van der Waals surface area contributed by atoms with Gasteiger partial charge in [-0.2, -0.15) is 0 Å². The van der Waals surface area contributed by atoms with Crippen LogP contribution in [0, 0.1) is 12.7 Å². The Morgan fingerprint density at radius 2 is 2.13 bits per heavy atom. The lowest BCUT2D eigenvalue weighted by Gasteiger charge is -2.17. The van der Waals surface area contributed by atoms with E-state index in [0.717, 1.165) is 5.56 Å². The van der Waals surface area contributed by atoms with E-state index in [-0.39, 0.29) is 18.0 Å². The van der Waals surface area contributed by atoms with Gasteiger partial charge in [-0.15, -0.1) is 0 Å². The third-order valence-electron chi connectivity index (χ3n) is 2.54. The molecule has 0 fully saturated rings. The Hall–Kier alpha value is -0.930. The van der Waals surface area contributed by atoms with Gasteiger partial charge in [0.25, 0.3) is 0 Å². The molecule has 1 aromatic carbocycles. The van der Waals surface area contributed by atoms with Crippen molar-refractivity contribution in [2.75, 3.05) is 7.11 Å². The van der Waals surface area contributed by atoms with Crippen LogP contribution in [0.1, 0.15) is 30.5 Å². The first-order valence-electron chi connectivity index (χ1n) is 5.09. The predicted octanol–water partition coefficient (Wildman–Crippen LogP) is 2.56. The minimum absolute atomic E-state index is 0.0416. The van der Waals surface area contributed by atoms with Gasteiger partial charge in [0.05, 0.1) is 6.10 Å². The molecule has 0 saturated heterocycles. The average molecular weight is 211 g/mol. The van der Waals surface area contributed by atoms with E-state index in [4.69, 9.17) is 10.5 Å². The number of rotatable bonds is 4. The first-order chi connectivity index (χ1) is 7.04. The molecule has 0 heterocycles. The van der Waals surface area contributed by atoms with Crippen LogP contribution in [-0.2, 0) is 4.74 Å². The number of benzene rings is 1. The molecule has 0 aliphatic heterocycles. The molecule has 0 radical (unpaired) electrons. The van der Waals surface area contributed by atoms with Crippen LogP contribution in [0.4, 0.5) is 4.39 Å². The molecule has 2 atom stereocenters. The summed E-state index contributed by atoms with van der Waals surface area (Å²) in [4.78, 5) is 0. The Morgan fingerprint density at radius 1 is 1.47 bits per heavy atom. The maximum Gasteiger partial charge on any atom is 0.127 e. The van der Waals surface area contributed by atoms with Crippen molar-refractivity contribution in [2.45, 2.75) is 32.4 Å². The molecule has 1 rings (SSSR count). The zero-order valence-corrected chi connectivity index (χ0v) is 9.46. The molecule has 2 unspecified atom stereocenters. The molecule has 0 saturated carbocycles. The summed E-state index contributed by atoms with van der Waals surface area (Å²) in [6.45, 7) is 3.85. The summed E-state index contributed by atoms with van der Waals surface area (Å²) in [5, 5.41) is 0. The van der Waals surface area contributed by atoms with Gasteiger partial charge >= 0.3 is 0 Å². The Balaban J connectivity index is 2.80. The highest BCUT2D eigenvalue weighted by Crippen LogP contribution is 2.21. The number of methoxy groups -OCH3 is 1. The van der Waals surface area contributed by atoms with Crippen molar-refractivity contribution >= 4 is 0 Å². The lowest BCUT2D eigenvalue weighted by molar-refractivity contribution is 0.104. The maximum atomic E-state index is 13.5. The largest absolute Gasteiger partial charge is 0.382 e. The molecule has 2 nitrogen and oxygen atoms in total. The van der Waals surface area contributed by atoms with Crippen molar-refractivity contribution in [3.8, 4) is 0 Å². The van der Waals surface area contributed by atoms with Gasteiger partial charge in [-0.3, -0.25) is 0 Å². The van der Waals surface area contributed by atoms with E-state index in [1.807, 2.05) is 13.8 Å². The topological polar surface area (TPSA) is 35.2 Å². The SMILES string of the molecule is COC(C)CC(N)c1cc(C)ccc1F. The highest BCUT2D eigenvalue weighted by atomic mass is 19.1. The predicted molar refractivity (Wildman–Crippen MR) is 59.2 cm³/mol. The van der Waals surface area contributed by atoms with E-state index in [2.05, 4.69) is 0 Å². The minimum atomic E-state index is -0.306. The van der Waals surface area contributed by atoms with Gasteiger partial charge in [-0.25, -0.2) is 4.39 Å². The number of nitrogens with two attached hydrogens (primary N) is 1. The van der Waals surface area contributed by atoms with Crippen LogP contribution in [-0.4, -0.2) is 13.2 Å². The van der Waals surface area contributed by atoms with E-state index in [1.165, 1.54) is 6.07 Å². The van der Waals surface area contributed by atoms with Gasteiger partial charge in [-0.05, 0) is 26.3 Å². The zero-order chi connectivity index (χ0) is 11.4. The van der Waals surface area contributed by atoms with E-state index >= 15 is 0 Å². The molecule has 0 aliphatic carbocycles. The molecular weight excluding hydrogens is 193 g/mol. The maximum absolute atomic E-state index is 13.5. The molecule has 2 N–H and O–H groups in total. The average Bonchev–Trinajstić information content (AvgIpc) is 2.21. The van der Waals surface area contributed by atoms with Crippen LogP contribution in [0.25, 0.3) is 0 Å². The number of aryl methyl sites for hydroxylation is 1. The smallest absolute Gasteiger partial charge is 0.127 e. The van der Waals surface area contributed by atoms with Gasteiger partial charge < -0.3 is 10.5 Å². The summed E-state index contributed by atoms with van der Waals surface area (Å²) in [7, 11) is 1.63. The van der Waals surface area contributed by atoms with Crippen molar-refractivity contribution in [1.82, 2.24) is 0 Å². The van der Waals surface area contributed by atoms with Crippen molar-refractivity contribution in [3.63, 3.8) is 0 Å². The van der Waals surface area contributed by atoms with Crippen LogP contribution >= 0.6 is 0 Å². The number of hydrogen-bond acceptors (Lipinski definition) is 2. The molecule has 0 amide bonds. The fourth-order valence-electron chi connectivity index (χ4n) is 1.53. The third-order valence-corrected chi connectivity index (χ3v) is 2.54. The van der Waals surface area contributed by atoms with Crippen LogP contribution < -0.4 is 5.73 Å². The second kappa shape index (κ2) is 5.24. The van der Waals surface area contributed by atoms with Gasteiger partial charge in [0.1, 0.15) is 5.82 Å². The fraction of sp³-hybridized carbons (Fsp3) is 0.500. The van der Waals surface area contributed by atoms with Crippen molar-refractivity contribution < 1.29 is 9.13 Å². The molecule has 3 heteroatoms. The fourth-order valence-corrected chi connectivity index (χ4v) is 1.53. The van der Waals surface area contributed by atoms with Gasteiger partial charge in [0, 0.05) is 18.7 Å². The van der Waals surface area contributed by atoms with E-state index in [0.29, 0.717) is 12.0 Å². The van der Waals surface area contributed by atoms with Crippen molar-refractivity contribution in [2.24, 2.45) is 5.73 Å². The van der Waals surface area contributed by atoms with E-state index < -0.39 is 0 Å². The quantitative estimate of drug-likeness (QED) is 0.830. The highest BCUT2D eigenvalue weighted by molar-refractivity contribution is 5.26. The zero-order valence-electron chi connectivity index (χ0n) is 9.46. The van der Waals surface area contributed by atoms with Crippen LogP contribution in [0.2, 0.25) is 0 Å². The Bertz CT molecular complexity index is 327. The Labute approximate surface area is 90.2 Å². The number of ether oxygens (including phenoxy) is 1. The van der Waals surface area contributed by atoms with Crippen molar-refractivity contribution in [1.29, 1.82) is 0 Å². The van der Waals surface area contributed by atoms with Crippen LogP contribution in [0.3, 0.4) is 0 Å². The molecule has 84 valence electrons. The Morgan fingerprint density at radius 3 is 2.73 bits per heavy atom. The molecule has 0 spiro atoms. The van der Waals surface area contributed by atoms with E-state index in [9.17, 15) is 4.39 Å². The minimum Gasteiger partial charge on any atom is -0.382 e. The molecule has 0 aliphatic rings. The summed E-state index contributed by atoms with van der Waals surface area (Å²) in [5.74, 6) is -0.239. The van der Waals surface area contributed by atoms with Crippen LogP contribution in [0.15, 0.2) is 18.2 Å². The summed E-state index contributed by atoms with van der Waals surface area (Å²) < 4.78 is 18.6. The first kappa shape index (κ1) is 12.1. The summed E-state index contributed by atoms with van der Waals surface area (Å²) >= 11 is 0. The molecule has 0 bridgehead atoms. The number of halogens is 1. The molecular formula is C12H18FNO. The Kier molecular flexibility index (Phi) is 4.24. The van der Waals surface area contributed by atoms with Gasteiger partial charge in [0.15, 0.2) is 0 Å². The van der Waals surface area contributed by atoms with Gasteiger partial charge in [-0.1, -0.05) is 17.7 Å². The second-order valence-electron chi connectivity index (χ2n) is 3.91. The highest BCUT2D eigenvalue weighted by Gasteiger charge is 2.14. The lowest BCUT2D eigenvalue weighted by Crippen LogP contribution is -2.19. The third kappa shape index (κ3) is 3.29. The van der Waals surface area contributed by atoms with Crippen molar-refractivity contribution in [3.05, 3.63) is 35.1 Å².